The van der Waals surface area contributed by atoms with Crippen LogP contribution in [0.15, 0.2) is 84.5 Å². The number of nitrogens with two attached hydrogens (primary N) is 1. The van der Waals surface area contributed by atoms with Gasteiger partial charge in [0.1, 0.15) is 0 Å². The van der Waals surface area contributed by atoms with E-state index in [1.54, 1.807) is 35.9 Å². The number of amides is 2. The smallest absolute Gasteiger partial charge is 0.255 e. The molecule has 198 valence electrons. The van der Waals surface area contributed by atoms with Crippen molar-refractivity contribution in [3.05, 3.63) is 101 Å². The number of nitrogens with zero attached hydrogens (tertiary/aromatic N) is 2. The van der Waals surface area contributed by atoms with Gasteiger partial charge in [-0.3, -0.25) is 14.6 Å². The predicted octanol–water partition coefficient (Wildman–Crippen LogP) is 6.26. The molecule has 6 nitrogen and oxygen atoms in total. The second kappa shape index (κ2) is 12.3. The Morgan fingerprint density at radius 1 is 0.974 bits per heavy atom. The summed E-state index contributed by atoms with van der Waals surface area (Å²) in [6.07, 6.45) is 10.7. The van der Waals surface area contributed by atoms with E-state index in [0.717, 1.165) is 27.3 Å². The molecule has 0 aliphatic carbocycles. The molecule has 0 spiro atoms. The summed E-state index contributed by atoms with van der Waals surface area (Å²) >= 11 is 1.63. The SMILES string of the molecule is CS(C)(C)CCC(=O)N(Cc1ccc(C(=O)Nc2cc(-c3cccs3)ccc2N)cc1)Cc1cccnc1. The fourth-order valence-corrected chi connectivity index (χ4v) is 5.44. The minimum Gasteiger partial charge on any atom is -0.397 e. The second-order valence-electron chi connectivity index (χ2n) is 10.1. The molecule has 0 aliphatic heterocycles. The number of rotatable bonds is 10. The zero-order chi connectivity index (χ0) is 27.1. The minimum atomic E-state index is -0.771. The second-order valence-corrected chi connectivity index (χ2v) is 15.6. The first kappa shape index (κ1) is 27.4. The summed E-state index contributed by atoms with van der Waals surface area (Å²) in [5.74, 6) is 0.785. The number of hydrogen-bond acceptors (Lipinski definition) is 5. The first-order valence-electron chi connectivity index (χ1n) is 12.3. The molecule has 0 saturated carbocycles. The van der Waals surface area contributed by atoms with Gasteiger partial charge in [-0.2, -0.15) is 0 Å². The van der Waals surface area contributed by atoms with Crippen molar-refractivity contribution in [2.45, 2.75) is 19.5 Å². The molecule has 2 aromatic heterocycles. The molecule has 3 N–H and O–H groups in total. The molecule has 0 saturated heterocycles. The largest absolute Gasteiger partial charge is 0.397 e. The van der Waals surface area contributed by atoms with Gasteiger partial charge in [-0.05, 0) is 83.0 Å². The summed E-state index contributed by atoms with van der Waals surface area (Å²) in [4.78, 5) is 33.3. The van der Waals surface area contributed by atoms with Crippen molar-refractivity contribution in [1.82, 2.24) is 9.88 Å². The van der Waals surface area contributed by atoms with E-state index in [2.05, 4.69) is 29.1 Å². The third-order valence-electron chi connectivity index (χ3n) is 6.07. The van der Waals surface area contributed by atoms with Crippen LogP contribution in [0.3, 0.4) is 0 Å². The summed E-state index contributed by atoms with van der Waals surface area (Å²) in [5.41, 5.74) is 10.7. The summed E-state index contributed by atoms with van der Waals surface area (Å²) < 4.78 is 0. The van der Waals surface area contributed by atoms with Crippen LogP contribution in [0.1, 0.15) is 27.9 Å². The third-order valence-corrected chi connectivity index (χ3v) is 8.42. The summed E-state index contributed by atoms with van der Waals surface area (Å²) in [5, 5.41) is 4.96. The lowest BCUT2D eigenvalue weighted by molar-refractivity contribution is -0.132. The number of nitrogen functional groups attached to an aromatic ring is 1. The maximum absolute atomic E-state index is 13.2. The highest BCUT2D eigenvalue weighted by Gasteiger charge is 2.18. The first-order chi connectivity index (χ1) is 18.2. The van der Waals surface area contributed by atoms with Crippen molar-refractivity contribution in [3.8, 4) is 10.4 Å². The van der Waals surface area contributed by atoms with Crippen molar-refractivity contribution in [1.29, 1.82) is 0 Å². The van der Waals surface area contributed by atoms with Gasteiger partial charge in [0.05, 0.1) is 11.4 Å². The van der Waals surface area contributed by atoms with E-state index in [-0.39, 0.29) is 11.8 Å². The molecule has 0 unspecified atom stereocenters. The van der Waals surface area contributed by atoms with Gasteiger partial charge in [-0.25, -0.2) is 10.0 Å². The Hall–Kier alpha value is -3.62. The van der Waals surface area contributed by atoms with Gasteiger partial charge in [-0.1, -0.05) is 30.3 Å². The third kappa shape index (κ3) is 7.69. The lowest BCUT2D eigenvalue weighted by Gasteiger charge is -2.28. The fourth-order valence-electron chi connectivity index (χ4n) is 3.93. The van der Waals surface area contributed by atoms with E-state index < -0.39 is 10.0 Å². The molecule has 8 heteroatoms. The lowest BCUT2D eigenvalue weighted by Crippen LogP contribution is -2.31. The summed E-state index contributed by atoms with van der Waals surface area (Å²) in [6.45, 7) is 0.957. The quantitative estimate of drug-likeness (QED) is 0.230. The Bertz CT molecular complexity index is 1370. The van der Waals surface area contributed by atoms with E-state index in [4.69, 9.17) is 5.73 Å². The lowest BCUT2D eigenvalue weighted by atomic mass is 10.1. The molecule has 0 fully saturated rings. The highest BCUT2D eigenvalue weighted by molar-refractivity contribution is 8.32. The molecule has 0 aliphatic rings. The number of aromatic nitrogens is 1. The fraction of sp³-hybridized carbons (Fsp3) is 0.233. The van der Waals surface area contributed by atoms with Gasteiger partial charge in [0, 0.05) is 42.3 Å². The van der Waals surface area contributed by atoms with Crippen molar-refractivity contribution < 1.29 is 9.59 Å². The number of benzene rings is 2. The van der Waals surface area contributed by atoms with Crippen LogP contribution >= 0.6 is 21.4 Å². The van der Waals surface area contributed by atoms with Gasteiger partial charge in [-0.15, -0.1) is 11.3 Å². The van der Waals surface area contributed by atoms with E-state index in [1.807, 2.05) is 64.9 Å². The van der Waals surface area contributed by atoms with Crippen LogP contribution < -0.4 is 11.1 Å². The van der Waals surface area contributed by atoms with Gasteiger partial charge in [0.15, 0.2) is 0 Å². The van der Waals surface area contributed by atoms with Crippen LogP contribution in [-0.4, -0.2) is 46.2 Å². The Morgan fingerprint density at radius 3 is 2.39 bits per heavy atom. The molecule has 38 heavy (non-hydrogen) atoms. The van der Waals surface area contributed by atoms with Crippen molar-refractivity contribution >= 4 is 44.6 Å². The van der Waals surface area contributed by atoms with Gasteiger partial charge in [0.25, 0.3) is 5.91 Å². The molecule has 4 rings (SSSR count). The summed E-state index contributed by atoms with van der Waals surface area (Å²) in [6, 6.07) is 20.9. The number of hydrogen-bond donors (Lipinski definition) is 2. The van der Waals surface area contributed by atoms with Gasteiger partial charge in [0.2, 0.25) is 5.91 Å². The standard InChI is InChI=1S/C30H34N4O2S2/c1-38(2,3)17-14-29(35)34(21-23-6-4-15-32-19-23)20-22-8-10-24(11-9-22)30(36)33-27-18-25(12-13-26(27)31)28-7-5-16-37-28/h4-13,15-16,18-19H,14,17,20-21,31H2,1-3H3,(H,33,36). The predicted molar refractivity (Wildman–Crippen MR) is 162 cm³/mol. The van der Waals surface area contributed by atoms with Crippen LogP contribution in [0.4, 0.5) is 11.4 Å². The van der Waals surface area contributed by atoms with Crippen LogP contribution in [-0.2, 0) is 17.9 Å². The summed E-state index contributed by atoms with van der Waals surface area (Å²) in [7, 11) is -0.771. The van der Waals surface area contributed by atoms with Crippen LogP contribution in [0.5, 0.6) is 0 Å². The Morgan fingerprint density at radius 2 is 1.74 bits per heavy atom. The monoisotopic (exact) mass is 546 g/mol. The molecule has 2 heterocycles. The first-order valence-corrected chi connectivity index (χ1v) is 16.2. The topological polar surface area (TPSA) is 88.3 Å². The Labute approximate surface area is 230 Å². The van der Waals surface area contributed by atoms with Crippen molar-refractivity contribution in [3.63, 3.8) is 0 Å². The van der Waals surface area contributed by atoms with E-state index in [0.29, 0.717) is 36.4 Å². The molecular formula is C30H34N4O2S2. The molecule has 0 atom stereocenters. The zero-order valence-corrected chi connectivity index (χ0v) is 23.6. The van der Waals surface area contributed by atoms with Gasteiger partial charge >= 0.3 is 0 Å². The number of thiophene rings is 1. The van der Waals surface area contributed by atoms with E-state index in [9.17, 15) is 9.59 Å². The Balaban J connectivity index is 1.45. The minimum absolute atomic E-state index is 0.124. The highest BCUT2D eigenvalue weighted by Crippen LogP contribution is 2.35. The average molecular weight is 547 g/mol. The number of anilines is 2. The Kier molecular flexibility index (Phi) is 8.86. The molecule has 0 radical (unpaired) electrons. The maximum atomic E-state index is 13.2. The highest BCUT2D eigenvalue weighted by atomic mass is 32.3. The molecule has 2 aromatic carbocycles. The van der Waals surface area contributed by atoms with E-state index in [1.165, 1.54) is 0 Å². The van der Waals surface area contributed by atoms with Crippen LogP contribution in [0, 0.1) is 0 Å². The van der Waals surface area contributed by atoms with Crippen LogP contribution in [0.2, 0.25) is 0 Å². The maximum Gasteiger partial charge on any atom is 0.255 e. The van der Waals surface area contributed by atoms with E-state index >= 15 is 0 Å². The van der Waals surface area contributed by atoms with Crippen molar-refractivity contribution in [2.75, 3.05) is 35.6 Å². The number of nitrogens with one attached hydrogen (secondary N) is 1. The molecule has 0 bridgehead atoms. The molecule has 4 aromatic rings. The number of carbonyl (C=O) groups is 2. The number of pyridine rings is 1. The normalized spacial score (nSPS) is 11.7. The van der Waals surface area contributed by atoms with Gasteiger partial charge < -0.3 is 16.0 Å². The average Bonchev–Trinajstić information content (AvgIpc) is 3.44. The van der Waals surface area contributed by atoms with Crippen LogP contribution in [0.25, 0.3) is 10.4 Å². The molecular weight excluding hydrogens is 512 g/mol. The number of carbonyl (C=O) groups excluding carboxylic acids is 2. The molecule has 2 amide bonds. The van der Waals surface area contributed by atoms with Crippen molar-refractivity contribution in [2.24, 2.45) is 0 Å². The zero-order valence-electron chi connectivity index (χ0n) is 22.0.